The third-order valence-electron chi connectivity index (χ3n) is 4.67. The summed E-state index contributed by atoms with van der Waals surface area (Å²) in [5.41, 5.74) is 0.727. The Morgan fingerprint density at radius 3 is 2.62 bits per heavy atom. The molecule has 1 aliphatic heterocycles. The molecule has 1 fully saturated rings. The van der Waals surface area contributed by atoms with E-state index in [2.05, 4.69) is 5.32 Å². The maximum absolute atomic E-state index is 12.6. The molecule has 0 aromatic heterocycles. The molecule has 2 aromatic rings. The highest BCUT2D eigenvalue weighted by Gasteiger charge is 2.36. The van der Waals surface area contributed by atoms with Crippen LogP contribution in [0.4, 0.5) is 10.5 Å². The summed E-state index contributed by atoms with van der Waals surface area (Å²) in [4.78, 5) is 50.4. The van der Waals surface area contributed by atoms with E-state index in [1.807, 2.05) is 6.92 Å². The van der Waals surface area contributed by atoms with Gasteiger partial charge in [0.15, 0.2) is 11.5 Å². The zero-order valence-corrected chi connectivity index (χ0v) is 19.6. The lowest BCUT2D eigenvalue weighted by atomic mass is 10.2. The van der Waals surface area contributed by atoms with Crippen molar-refractivity contribution in [3.63, 3.8) is 0 Å². The van der Waals surface area contributed by atoms with Crippen LogP contribution >= 0.6 is 23.4 Å². The molecule has 3 rings (SSSR count). The number of anilines is 1. The maximum atomic E-state index is 12.6. The van der Waals surface area contributed by atoms with E-state index in [4.69, 9.17) is 16.3 Å². The fraction of sp³-hybridized carbons (Fsp3) is 0.217. The zero-order chi connectivity index (χ0) is 24.8. The van der Waals surface area contributed by atoms with Gasteiger partial charge in [-0.15, -0.1) is 0 Å². The number of phenols is 2. The first-order chi connectivity index (χ1) is 16.2. The Balaban J connectivity index is 1.66. The number of aromatic hydroxyl groups is 2. The van der Waals surface area contributed by atoms with Crippen LogP contribution in [0.5, 0.6) is 11.5 Å². The number of unbranched alkanes of at least 4 members (excludes halogenated alkanes) is 1. The number of halogens is 1. The van der Waals surface area contributed by atoms with Gasteiger partial charge in [-0.2, -0.15) is 0 Å². The van der Waals surface area contributed by atoms with Crippen molar-refractivity contribution in [2.75, 3.05) is 18.5 Å². The van der Waals surface area contributed by atoms with Gasteiger partial charge in [-0.25, -0.2) is 4.79 Å². The molecule has 3 N–H and O–H groups in total. The molecule has 2 aromatic carbocycles. The van der Waals surface area contributed by atoms with Crippen molar-refractivity contribution in [1.29, 1.82) is 0 Å². The third-order valence-corrected chi connectivity index (χ3v) is 5.91. The molecular weight excluding hydrogens is 484 g/mol. The Labute approximate surface area is 204 Å². The van der Waals surface area contributed by atoms with Crippen LogP contribution in [0, 0.1) is 0 Å². The highest BCUT2D eigenvalue weighted by Crippen LogP contribution is 2.34. The predicted molar refractivity (Wildman–Crippen MR) is 128 cm³/mol. The van der Waals surface area contributed by atoms with E-state index in [0.717, 1.165) is 11.3 Å². The van der Waals surface area contributed by atoms with E-state index in [9.17, 15) is 29.4 Å². The van der Waals surface area contributed by atoms with Gasteiger partial charge < -0.3 is 20.3 Å². The summed E-state index contributed by atoms with van der Waals surface area (Å²) >= 11 is 6.72. The summed E-state index contributed by atoms with van der Waals surface area (Å²) in [5, 5.41) is 21.0. The summed E-state index contributed by atoms with van der Waals surface area (Å²) in [6, 6.07) is 8.22. The van der Waals surface area contributed by atoms with Gasteiger partial charge in [0.25, 0.3) is 11.1 Å². The van der Waals surface area contributed by atoms with E-state index in [1.54, 1.807) is 0 Å². The van der Waals surface area contributed by atoms with Crippen LogP contribution in [0.2, 0.25) is 5.02 Å². The van der Waals surface area contributed by atoms with Gasteiger partial charge in [-0.3, -0.25) is 19.3 Å². The largest absolute Gasteiger partial charge is 0.504 e. The van der Waals surface area contributed by atoms with Crippen molar-refractivity contribution >= 4 is 58.1 Å². The quantitative estimate of drug-likeness (QED) is 0.209. The minimum absolute atomic E-state index is 0.0616. The highest BCUT2D eigenvalue weighted by molar-refractivity contribution is 8.18. The fourth-order valence-corrected chi connectivity index (χ4v) is 3.94. The van der Waals surface area contributed by atoms with Gasteiger partial charge in [-0.05, 0) is 60.2 Å². The molecule has 0 radical (unpaired) electrons. The van der Waals surface area contributed by atoms with Crippen molar-refractivity contribution in [1.82, 2.24) is 4.90 Å². The first-order valence-electron chi connectivity index (χ1n) is 10.2. The van der Waals surface area contributed by atoms with Gasteiger partial charge in [0, 0.05) is 5.69 Å². The lowest BCUT2D eigenvalue weighted by Gasteiger charge is -2.13. The monoisotopic (exact) mass is 504 g/mol. The molecule has 178 valence electrons. The number of imide groups is 1. The number of phenolic OH excluding ortho intramolecular Hbond substituents is 2. The van der Waals surface area contributed by atoms with E-state index in [0.29, 0.717) is 23.7 Å². The van der Waals surface area contributed by atoms with Crippen LogP contribution in [0.25, 0.3) is 6.08 Å². The Morgan fingerprint density at radius 1 is 1.15 bits per heavy atom. The third kappa shape index (κ3) is 6.09. The van der Waals surface area contributed by atoms with Crippen molar-refractivity contribution in [3.8, 4) is 11.5 Å². The second kappa shape index (κ2) is 11.1. The Hall–Kier alpha value is -3.50. The number of hydrogen-bond acceptors (Lipinski definition) is 8. The van der Waals surface area contributed by atoms with Crippen LogP contribution < -0.4 is 5.32 Å². The average Bonchev–Trinajstić information content (AvgIpc) is 3.05. The van der Waals surface area contributed by atoms with Crippen molar-refractivity contribution in [2.45, 2.75) is 19.8 Å². The number of thioether (sulfide) groups is 1. The van der Waals surface area contributed by atoms with Gasteiger partial charge in [0.1, 0.15) is 6.54 Å². The normalized spacial score (nSPS) is 14.5. The number of nitrogens with one attached hydrogen (secondary N) is 1. The molecule has 0 saturated carbocycles. The first kappa shape index (κ1) is 25.1. The number of rotatable bonds is 8. The van der Waals surface area contributed by atoms with Crippen molar-refractivity contribution < 1.29 is 34.1 Å². The lowest BCUT2D eigenvalue weighted by Crippen LogP contribution is -2.36. The second-order valence-corrected chi connectivity index (χ2v) is 8.65. The van der Waals surface area contributed by atoms with Gasteiger partial charge >= 0.3 is 5.97 Å². The topological polar surface area (TPSA) is 133 Å². The van der Waals surface area contributed by atoms with Crippen LogP contribution in [-0.4, -0.2) is 51.3 Å². The standard InChI is InChI=1S/C23H21ClN2O7S/c1-2-3-8-33-22(31)15-11-14(5-6-16(15)24)25-20(29)12-26-21(30)19(34-23(26)32)10-13-4-7-17(27)18(28)9-13/h4-7,9-11,27-28H,2-3,8,12H2,1H3,(H,25,29)/b19-10+. The molecule has 0 unspecified atom stereocenters. The molecule has 1 saturated heterocycles. The molecule has 9 nitrogen and oxygen atoms in total. The Morgan fingerprint density at radius 2 is 1.91 bits per heavy atom. The summed E-state index contributed by atoms with van der Waals surface area (Å²) in [6.07, 6.45) is 2.94. The second-order valence-electron chi connectivity index (χ2n) is 7.25. The number of ether oxygens (including phenoxy) is 1. The van der Waals surface area contributed by atoms with E-state index < -0.39 is 29.6 Å². The molecule has 34 heavy (non-hydrogen) atoms. The molecule has 0 atom stereocenters. The SMILES string of the molecule is CCCCOC(=O)c1cc(NC(=O)CN2C(=O)S/C(=C/c3ccc(O)c(O)c3)C2=O)ccc1Cl. The van der Waals surface area contributed by atoms with Crippen LogP contribution in [0.15, 0.2) is 41.3 Å². The molecule has 1 aliphatic rings. The summed E-state index contributed by atoms with van der Waals surface area (Å²) in [7, 11) is 0. The smallest absolute Gasteiger partial charge is 0.339 e. The minimum atomic E-state index is -0.672. The number of nitrogens with zero attached hydrogens (tertiary/aromatic N) is 1. The van der Waals surface area contributed by atoms with Gasteiger partial charge in [0.05, 0.1) is 22.1 Å². The number of carbonyl (C=O) groups excluding carboxylic acids is 4. The lowest BCUT2D eigenvalue weighted by molar-refractivity contribution is -0.127. The molecular formula is C23H21ClN2O7S. The van der Waals surface area contributed by atoms with Gasteiger partial charge in [-0.1, -0.05) is 31.0 Å². The molecule has 3 amide bonds. The van der Waals surface area contributed by atoms with E-state index in [-0.39, 0.29) is 39.3 Å². The van der Waals surface area contributed by atoms with E-state index >= 15 is 0 Å². The van der Waals surface area contributed by atoms with E-state index in [1.165, 1.54) is 42.5 Å². The Bertz CT molecular complexity index is 1180. The molecule has 0 aliphatic carbocycles. The van der Waals surface area contributed by atoms with Crippen LogP contribution in [-0.2, 0) is 14.3 Å². The number of esters is 1. The van der Waals surface area contributed by atoms with Crippen LogP contribution in [0.3, 0.4) is 0 Å². The fourth-order valence-electron chi connectivity index (χ4n) is 2.91. The van der Waals surface area contributed by atoms with Crippen molar-refractivity contribution in [3.05, 3.63) is 57.5 Å². The Kier molecular flexibility index (Phi) is 8.19. The summed E-state index contributed by atoms with van der Waals surface area (Å²) < 4.78 is 5.15. The molecule has 0 spiro atoms. The summed E-state index contributed by atoms with van der Waals surface area (Å²) in [6.45, 7) is 1.67. The predicted octanol–water partition coefficient (Wildman–Crippen LogP) is 4.38. The average molecular weight is 505 g/mol. The van der Waals surface area contributed by atoms with Crippen molar-refractivity contribution in [2.24, 2.45) is 0 Å². The minimum Gasteiger partial charge on any atom is -0.504 e. The molecule has 11 heteroatoms. The summed E-state index contributed by atoms with van der Waals surface area (Å²) in [5.74, 6) is -2.64. The first-order valence-corrected chi connectivity index (χ1v) is 11.4. The number of amides is 3. The number of benzene rings is 2. The highest BCUT2D eigenvalue weighted by atomic mass is 35.5. The molecule has 0 bridgehead atoms. The molecule has 1 heterocycles. The number of hydrogen-bond donors (Lipinski definition) is 3. The maximum Gasteiger partial charge on any atom is 0.339 e. The van der Waals surface area contributed by atoms with Gasteiger partial charge in [0.2, 0.25) is 5.91 Å². The number of carbonyl (C=O) groups is 4. The zero-order valence-electron chi connectivity index (χ0n) is 18.0. The van der Waals surface area contributed by atoms with Crippen LogP contribution in [0.1, 0.15) is 35.7 Å².